The van der Waals surface area contributed by atoms with Gasteiger partial charge in [0.25, 0.3) is 0 Å². The molecule has 1 aliphatic heterocycles. The Labute approximate surface area is 134 Å². The molecule has 1 fully saturated rings. The number of aromatic nitrogens is 3. The van der Waals surface area contributed by atoms with Gasteiger partial charge in [-0.3, -0.25) is 15.0 Å². The van der Waals surface area contributed by atoms with Crippen LogP contribution in [-0.4, -0.2) is 89.6 Å². The number of hydrogen-bond acceptors (Lipinski definition) is 7. The lowest BCUT2D eigenvalue weighted by Crippen LogP contribution is -2.49. The van der Waals surface area contributed by atoms with Crippen LogP contribution in [0.4, 0.5) is 0 Å². The summed E-state index contributed by atoms with van der Waals surface area (Å²) in [5.41, 5.74) is 2.33. The molecule has 0 bridgehead atoms. The van der Waals surface area contributed by atoms with Crippen molar-refractivity contribution in [1.82, 2.24) is 24.7 Å². The molecule has 11 heteroatoms. The van der Waals surface area contributed by atoms with E-state index >= 15 is 0 Å². The number of carbonyl (C=O) groups excluding carboxylic acids is 2. The molecule has 1 N–H and O–H groups in total. The van der Waals surface area contributed by atoms with Gasteiger partial charge in [0.15, 0.2) is 9.84 Å². The van der Waals surface area contributed by atoms with Crippen molar-refractivity contribution in [2.24, 2.45) is 0 Å². The van der Waals surface area contributed by atoms with E-state index in [0.717, 1.165) is 4.68 Å². The van der Waals surface area contributed by atoms with Gasteiger partial charge in [-0.15, -0.1) is 10.2 Å². The predicted octanol–water partition coefficient (Wildman–Crippen LogP) is -2.07. The van der Waals surface area contributed by atoms with Crippen molar-refractivity contribution in [2.75, 3.05) is 44.1 Å². The number of sulfone groups is 1. The molecule has 128 valence electrons. The smallest absolute Gasteiger partial charge is 0.328 e. The standard InChI is InChI=1S/C12H20N6O4S/c1-16(2)4-5-18(10-3-6-23(21,22)7-10)12(20)11(19)15-17-8-13-14-9-17/h8-10H,3-7H2,1-2H3,(H,15,19). The number of likely N-dealkylation sites (N-methyl/N-ethyl adjacent to an activating group) is 1. The maximum Gasteiger partial charge on any atom is 0.328 e. The summed E-state index contributed by atoms with van der Waals surface area (Å²) in [6, 6.07) is -0.473. The first-order chi connectivity index (χ1) is 10.8. The van der Waals surface area contributed by atoms with Gasteiger partial charge in [0.1, 0.15) is 12.7 Å². The van der Waals surface area contributed by atoms with Gasteiger partial charge in [-0.05, 0) is 20.5 Å². The van der Waals surface area contributed by atoms with Crippen LogP contribution in [0.2, 0.25) is 0 Å². The Morgan fingerprint density at radius 2 is 1.91 bits per heavy atom. The molecule has 1 saturated heterocycles. The first-order valence-corrected chi connectivity index (χ1v) is 8.92. The van der Waals surface area contributed by atoms with Crippen molar-refractivity contribution in [2.45, 2.75) is 12.5 Å². The van der Waals surface area contributed by atoms with Crippen molar-refractivity contribution in [3.63, 3.8) is 0 Å². The lowest BCUT2D eigenvalue weighted by atomic mass is 10.2. The van der Waals surface area contributed by atoms with Gasteiger partial charge >= 0.3 is 11.8 Å². The summed E-state index contributed by atoms with van der Waals surface area (Å²) in [4.78, 5) is 27.7. The zero-order valence-corrected chi connectivity index (χ0v) is 13.9. The Balaban J connectivity index is 2.08. The molecule has 0 aliphatic carbocycles. The number of hydrogen-bond donors (Lipinski definition) is 1. The highest BCUT2D eigenvalue weighted by Crippen LogP contribution is 2.18. The molecule has 1 unspecified atom stereocenters. The molecule has 0 aromatic carbocycles. The van der Waals surface area contributed by atoms with Crippen molar-refractivity contribution in [1.29, 1.82) is 0 Å². The van der Waals surface area contributed by atoms with E-state index < -0.39 is 27.7 Å². The second-order valence-corrected chi connectivity index (χ2v) is 7.90. The molecule has 2 amide bonds. The number of carbonyl (C=O) groups is 2. The molecule has 0 spiro atoms. The van der Waals surface area contributed by atoms with Crippen molar-refractivity contribution in [3.8, 4) is 0 Å². The predicted molar refractivity (Wildman–Crippen MR) is 81.7 cm³/mol. The summed E-state index contributed by atoms with van der Waals surface area (Å²) in [6.45, 7) is 0.809. The highest BCUT2D eigenvalue weighted by Gasteiger charge is 2.36. The molecular weight excluding hydrogens is 324 g/mol. The third-order valence-corrected chi connectivity index (χ3v) is 5.29. The number of amides is 2. The Morgan fingerprint density at radius 3 is 2.43 bits per heavy atom. The van der Waals surface area contributed by atoms with Crippen LogP contribution in [0.25, 0.3) is 0 Å². The molecule has 1 atom stereocenters. The minimum absolute atomic E-state index is 0.0382. The van der Waals surface area contributed by atoms with E-state index in [0.29, 0.717) is 13.0 Å². The zero-order chi connectivity index (χ0) is 17.0. The summed E-state index contributed by atoms with van der Waals surface area (Å²) in [7, 11) is 0.525. The Kier molecular flexibility index (Phi) is 5.31. The fourth-order valence-electron chi connectivity index (χ4n) is 2.33. The monoisotopic (exact) mass is 344 g/mol. The maximum absolute atomic E-state index is 12.4. The van der Waals surface area contributed by atoms with Gasteiger partial charge in [-0.2, -0.15) is 0 Å². The molecule has 1 aromatic heterocycles. The van der Waals surface area contributed by atoms with Gasteiger partial charge in [0.05, 0.1) is 11.5 Å². The Hall–Kier alpha value is -2.01. The first-order valence-electron chi connectivity index (χ1n) is 7.10. The molecule has 2 heterocycles. The minimum Gasteiger partial charge on any atom is -0.329 e. The second kappa shape index (κ2) is 7.04. The van der Waals surface area contributed by atoms with Crippen LogP contribution < -0.4 is 5.43 Å². The van der Waals surface area contributed by atoms with Crippen LogP contribution in [0.3, 0.4) is 0 Å². The van der Waals surface area contributed by atoms with E-state index in [2.05, 4.69) is 15.6 Å². The van der Waals surface area contributed by atoms with Crippen molar-refractivity contribution >= 4 is 21.7 Å². The topological polar surface area (TPSA) is 118 Å². The second-order valence-electron chi connectivity index (χ2n) is 5.67. The quantitative estimate of drug-likeness (QED) is 0.609. The Morgan fingerprint density at radius 1 is 1.26 bits per heavy atom. The fraction of sp³-hybridized carbons (Fsp3) is 0.667. The van der Waals surface area contributed by atoms with E-state index in [9.17, 15) is 18.0 Å². The van der Waals surface area contributed by atoms with E-state index in [1.54, 1.807) is 0 Å². The van der Waals surface area contributed by atoms with Gasteiger partial charge in [-0.1, -0.05) is 0 Å². The van der Waals surface area contributed by atoms with E-state index in [1.807, 2.05) is 19.0 Å². The van der Waals surface area contributed by atoms with Gasteiger partial charge < -0.3 is 9.80 Å². The largest absolute Gasteiger partial charge is 0.329 e. The minimum atomic E-state index is -3.15. The molecule has 23 heavy (non-hydrogen) atoms. The van der Waals surface area contributed by atoms with Crippen LogP contribution in [0, 0.1) is 0 Å². The third-order valence-electron chi connectivity index (χ3n) is 3.54. The summed E-state index contributed by atoms with van der Waals surface area (Å²) < 4.78 is 24.5. The molecule has 0 radical (unpaired) electrons. The van der Waals surface area contributed by atoms with E-state index in [4.69, 9.17) is 0 Å². The summed E-state index contributed by atoms with van der Waals surface area (Å²) >= 11 is 0. The lowest BCUT2D eigenvalue weighted by Gasteiger charge is -2.28. The highest BCUT2D eigenvalue weighted by molar-refractivity contribution is 7.91. The molecular formula is C12H20N6O4S. The van der Waals surface area contributed by atoms with Crippen LogP contribution >= 0.6 is 0 Å². The first kappa shape index (κ1) is 17.3. The van der Waals surface area contributed by atoms with Crippen LogP contribution in [0.15, 0.2) is 12.7 Å². The number of nitrogens with zero attached hydrogens (tertiary/aromatic N) is 5. The average Bonchev–Trinajstić information content (AvgIpc) is 3.08. The van der Waals surface area contributed by atoms with Crippen molar-refractivity contribution in [3.05, 3.63) is 12.7 Å². The van der Waals surface area contributed by atoms with E-state index in [-0.39, 0.29) is 18.1 Å². The SMILES string of the molecule is CN(C)CCN(C(=O)C(=O)Nn1cnnc1)C1CCS(=O)(=O)C1. The average molecular weight is 344 g/mol. The van der Waals surface area contributed by atoms with Gasteiger partial charge in [0.2, 0.25) is 0 Å². The van der Waals surface area contributed by atoms with E-state index in [1.165, 1.54) is 17.6 Å². The summed E-state index contributed by atoms with van der Waals surface area (Å²) in [5, 5.41) is 7.05. The van der Waals surface area contributed by atoms with Gasteiger partial charge in [-0.25, -0.2) is 13.1 Å². The number of nitrogens with one attached hydrogen (secondary N) is 1. The lowest BCUT2D eigenvalue weighted by molar-refractivity contribution is -0.145. The fourth-order valence-corrected chi connectivity index (χ4v) is 4.06. The number of rotatable bonds is 5. The van der Waals surface area contributed by atoms with Crippen LogP contribution in [0.5, 0.6) is 0 Å². The third kappa shape index (κ3) is 4.73. The molecule has 1 aliphatic rings. The van der Waals surface area contributed by atoms with Crippen LogP contribution in [0.1, 0.15) is 6.42 Å². The van der Waals surface area contributed by atoms with Crippen molar-refractivity contribution < 1.29 is 18.0 Å². The maximum atomic E-state index is 12.4. The Bertz CT molecular complexity index is 657. The van der Waals surface area contributed by atoms with Crippen LogP contribution in [-0.2, 0) is 19.4 Å². The zero-order valence-electron chi connectivity index (χ0n) is 13.0. The molecule has 0 saturated carbocycles. The van der Waals surface area contributed by atoms with Gasteiger partial charge in [0, 0.05) is 19.1 Å². The molecule has 1 aromatic rings. The summed E-state index contributed by atoms with van der Waals surface area (Å²) in [6.07, 6.45) is 2.84. The normalized spacial score (nSPS) is 19.7. The molecule has 2 rings (SSSR count). The highest BCUT2D eigenvalue weighted by atomic mass is 32.2. The summed E-state index contributed by atoms with van der Waals surface area (Å²) in [5.74, 6) is -1.68. The molecule has 10 nitrogen and oxygen atoms in total.